The number of fused-ring (bicyclic) bond motifs is 1. The van der Waals surface area contributed by atoms with Crippen LogP contribution in [-0.2, 0) is 6.42 Å². The Kier molecular flexibility index (Phi) is 3.16. The van der Waals surface area contributed by atoms with Gasteiger partial charge in [0.25, 0.3) is 0 Å². The fourth-order valence-electron chi connectivity index (χ4n) is 2.63. The summed E-state index contributed by atoms with van der Waals surface area (Å²) in [5.74, 6) is 0.834. The number of aryl methyl sites for hydroxylation is 1. The summed E-state index contributed by atoms with van der Waals surface area (Å²) in [7, 11) is 0. The van der Waals surface area contributed by atoms with E-state index >= 15 is 0 Å². The molecule has 0 saturated heterocycles. The third kappa shape index (κ3) is 2.43. The van der Waals surface area contributed by atoms with Gasteiger partial charge in [0.05, 0.1) is 11.6 Å². The Morgan fingerprint density at radius 1 is 1.21 bits per heavy atom. The van der Waals surface area contributed by atoms with E-state index in [1.165, 1.54) is 17.5 Å². The number of pyridine rings is 1. The Labute approximate surface area is 112 Å². The molecular weight excluding hydrogens is 234 g/mol. The average Bonchev–Trinajstić information content (AvgIpc) is 2.48. The third-order valence-electron chi connectivity index (χ3n) is 3.58. The first kappa shape index (κ1) is 11.7. The van der Waals surface area contributed by atoms with Crippen LogP contribution in [0.3, 0.4) is 0 Å². The number of nitriles is 1. The monoisotopic (exact) mass is 249 g/mol. The molecule has 3 rings (SSSR count). The van der Waals surface area contributed by atoms with Crippen molar-refractivity contribution in [3.8, 4) is 6.07 Å². The van der Waals surface area contributed by atoms with Crippen LogP contribution in [0.1, 0.15) is 35.6 Å². The SMILES string of the molecule is N#Cc1ccc(NC2CCCc3ccccc32)nc1. The topological polar surface area (TPSA) is 48.7 Å². The highest BCUT2D eigenvalue weighted by molar-refractivity contribution is 5.43. The highest BCUT2D eigenvalue weighted by atomic mass is 15.0. The Morgan fingerprint density at radius 2 is 2.11 bits per heavy atom. The zero-order valence-corrected chi connectivity index (χ0v) is 10.6. The van der Waals surface area contributed by atoms with Gasteiger partial charge in [-0.25, -0.2) is 4.98 Å². The molecule has 1 N–H and O–H groups in total. The summed E-state index contributed by atoms with van der Waals surface area (Å²) in [6.07, 6.45) is 5.09. The number of benzene rings is 1. The first-order valence-corrected chi connectivity index (χ1v) is 6.57. The van der Waals surface area contributed by atoms with E-state index in [2.05, 4.69) is 40.6 Å². The fourth-order valence-corrected chi connectivity index (χ4v) is 2.63. The van der Waals surface area contributed by atoms with E-state index in [9.17, 15) is 0 Å². The molecule has 1 aromatic heterocycles. The summed E-state index contributed by atoms with van der Waals surface area (Å²) in [5.41, 5.74) is 3.40. The Bertz CT molecular complexity index is 611. The van der Waals surface area contributed by atoms with Crippen molar-refractivity contribution in [2.45, 2.75) is 25.3 Å². The van der Waals surface area contributed by atoms with E-state index in [1.807, 2.05) is 6.07 Å². The predicted octanol–water partition coefficient (Wildman–Crippen LogP) is 3.44. The molecule has 1 atom stereocenters. The van der Waals surface area contributed by atoms with Crippen molar-refractivity contribution < 1.29 is 0 Å². The Hall–Kier alpha value is -2.34. The van der Waals surface area contributed by atoms with E-state index in [0.29, 0.717) is 11.6 Å². The molecule has 0 saturated carbocycles. The van der Waals surface area contributed by atoms with Crippen LogP contribution < -0.4 is 5.32 Å². The number of aromatic nitrogens is 1. The lowest BCUT2D eigenvalue weighted by Gasteiger charge is -2.26. The van der Waals surface area contributed by atoms with Crippen LogP contribution in [-0.4, -0.2) is 4.98 Å². The van der Waals surface area contributed by atoms with Gasteiger partial charge in [-0.2, -0.15) is 5.26 Å². The molecule has 3 heteroatoms. The van der Waals surface area contributed by atoms with Crippen LogP contribution in [0, 0.1) is 11.3 Å². The molecule has 1 unspecified atom stereocenters. The van der Waals surface area contributed by atoms with Crippen molar-refractivity contribution in [3.63, 3.8) is 0 Å². The summed E-state index contributed by atoms with van der Waals surface area (Å²) in [4.78, 5) is 4.28. The summed E-state index contributed by atoms with van der Waals surface area (Å²) < 4.78 is 0. The van der Waals surface area contributed by atoms with Gasteiger partial charge in [-0.05, 0) is 42.5 Å². The van der Waals surface area contributed by atoms with Crippen LogP contribution in [0.2, 0.25) is 0 Å². The number of nitrogens with one attached hydrogen (secondary N) is 1. The maximum absolute atomic E-state index is 8.77. The van der Waals surface area contributed by atoms with Gasteiger partial charge >= 0.3 is 0 Å². The molecular formula is C16H15N3. The molecule has 0 radical (unpaired) electrons. The zero-order valence-electron chi connectivity index (χ0n) is 10.6. The van der Waals surface area contributed by atoms with Crippen molar-refractivity contribution in [2.24, 2.45) is 0 Å². The quantitative estimate of drug-likeness (QED) is 0.886. The second-order valence-corrected chi connectivity index (χ2v) is 4.83. The summed E-state index contributed by atoms with van der Waals surface area (Å²) >= 11 is 0. The molecule has 1 aliphatic rings. The Morgan fingerprint density at radius 3 is 2.89 bits per heavy atom. The number of hydrogen-bond acceptors (Lipinski definition) is 3. The molecule has 0 spiro atoms. The number of rotatable bonds is 2. The van der Waals surface area contributed by atoms with E-state index in [0.717, 1.165) is 18.7 Å². The molecule has 94 valence electrons. The molecule has 1 heterocycles. The van der Waals surface area contributed by atoms with Gasteiger partial charge in [0.1, 0.15) is 11.9 Å². The van der Waals surface area contributed by atoms with Crippen LogP contribution in [0.25, 0.3) is 0 Å². The molecule has 0 bridgehead atoms. The van der Waals surface area contributed by atoms with Crippen molar-refractivity contribution in [3.05, 3.63) is 59.3 Å². The molecule has 0 aliphatic heterocycles. The zero-order chi connectivity index (χ0) is 13.1. The highest BCUT2D eigenvalue weighted by Gasteiger charge is 2.19. The summed E-state index contributed by atoms with van der Waals surface area (Å²) in [6.45, 7) is 0. The van der Waals surface area contributed by atoms with Gasteiger partial charge in [-0.3, -0.25) is 0 Å². The number of hydrogen-bond donors (Lipinski definition) is 1. The lowest BCUT2D eigenvalue weighted by atomic mass is 9.88. The lowest BCUT2D eigenvalue weighted by molar-refractivity contribution is 0.598. The normalized spacial score (nSPS) is 17.3. The lowest BCUT2D eigenvalue weighted by Crippen LogP contribution is -2.17. The van der Waals surface area contributed by atoms with Gasteiger partial charge < -0.3 is 5.32 Å². The van der Waals surface area contributed by atoms with Crippen LogP contribution in [0.4, 0.5) is 5.82 Å². The van der Waals surface area contributed by atoms with Crippen LogP contribution in [0.5, 0.6) is 0 Å². The number of nitrogens with zero attached hydrogens (tertiary/aromatic N) is 2. The van der Waals surface area contributed by atoms with Gasteiger partial charge in [0.2, 0.25) is 0 Å². The molecule has 1 aromatic carbocycles. The Balaban J connectivity index is 1.82. The first-order valence-electron chi connectivity index (χ1n) is 6.57. The second-order valence-electron chi connectivity index (χ2n) is 4.83. The van der Waals surface area contributed by atoms with Crippen LogP contribution in [0.15, 0.2) is 42.6 Å². The number of anilines is 1. The van der Waals surface area contributed by atoms with E-state index in [4.69, 9.17) is 5.26 Å². The summed E-state index contributed by atoms with van der Waals surface area (Å²) in [6, 6.07) is 14.7. The van der Waals surface area contributed by atoms with Gasteiger partial charge in [-0.15, -0.1) is 0 Å². The fraction of sp³-hybridized carbons (Fsp3) is 0.250. The minimum Gasteiger partial charge on any atom is -0.363 e. The van der Waals surface area contributed by atoms with Gasteiger partial charge in [0, 0.05) is 6.20 Å². The van der Waals surface area contributed by atoms with Crippen molar-refractivity contribution in [1.29, 1.82) is 5.26 Å². The van der Waals surface area contributed by atoms with E-state index in [1.54, 1.807) is 12.3 Å². The smallest absolute Gasteiger partial charge is 0.126 e. The third-order valence-corrected chi connectivity index (χ3v) is 3.58. The minimum absolute atomic E-state index is 0.324. The minimum atomic E-state index is 0.324. The van der Waals surface area contributed by atoms with E-state index in [-0.39, 0.29) is 0 Å². The molecule has 19 heavy (non-hydrogen) atoms. The van der Waals surface area contributed by atoms with Crippen LogP contribution >= 0.6 is 0 Å². The maximum atomic E-state index is 8.77. The summed E-state index contributed by atoms with van der Waals surface area (Å²) in [5, 5.41) is 12.2. The predicted molar refractivity (Wildman–Crippen MR) is 74.7 cm³/mol. The molecule has 1 aliphatic carbocycles. The largest absolute Gasteiger partial charge is 0.363 e. The molecule has 0 fully saturated rings. The molecule has 3 nitrogen and oxygen atoms in total. The molecule has 2 aromatic rings. The van der Waals surface area contributed by atoms with Gasteiger partial charge in [0.15, 0.2) is 0 Å². The highest BCUT2D eigenvalue weighted by Crippen LogP contribution is 2.31. The van der Waals surface area contributed by atoms with Crippen molar-refractivity contribution in [2.75, 3.05) is 5.32 Å². The van der Waals surface area contributed by atoms with Crippen molar-refractivity contribution >= 4 is 5.82 Å². The maximum Gasteiger partial charge on any atom is 0.126 e. The first-order chi connectivity index (χ1) is 9.36. The molecule has 0 amide bonds. The van der Waals surface area contributed by atoms with Gasteiger partial charge in [-0.1, -0.05) is 24.3 Å². The average molecular weight is 249 g/mol. The van der Waals surface area contributed by atoms with Crippen molar-refractivity contribution in [1.82, 2.24) is 4.98 Å². The standard InChI is InChI=1S/C16H15N3/c17-10-12-8-9-16(18-11-12)19-15-7-3-5-13-4-1-2-6-14(13)15/h1-2,4,6,8-9,11,15H,3,5,7H2,(H,18,19). The second kappa shape index (κ2) is 5.11. The van der Waals surface area contributed by atoms with E-state index < -0.39 is 0 Å².